The van der Waals surface area contributed by atoms with Crippen molar-refractivity contribution >= 4 is 5.57 Å². The smallest absolute Gasteiger partial charge is 0.0660 e. The van der Waals surface area contributed by atoms with Crippen LogP contribution in [0.2, 0.25) is 0 Å². The summed E-state index contributed by atoms with van der Waals surface area (Å²) in [5, 5.41) is 0. The van der Waals surface area contributed by atoms with Gasteiger partial charge >= 0.3 is 0 Å². The van der Waals surface area contributed by atoms with E-state index in [2.05, 4.69) is 24.3 Å². The van der Waals surface area contributed by atoms with Crippen molar-refractivity contribution in [1.29, 1.82) is 0 Å². The standard InChI is InChI=1S/C13H11/c1-11-7-9-13(10-8-11)12-5-3-2-4-6-12/h1-7,9-10H,8H2/q+1. The maximum atomic E-state index is 5.66. The zero-order valence-electron chi connectivity index (χ0n) is 7.40. The van der Waals surface area contributed by atoms with Gasteiger partial charge < -0.3 is 0 Å². The van der Waals surface area contributed by atoms with Gasteiger partial charge in [0.1, 0.15) is 0 Å². The van der Waals surface area contributed by atoms with Crippen LogP contribution >= 0.6 is 0 Å². The Labute approximate surface area is 78.9 Å². The second kappa shape index (κ2) is 3.38. The van der Waals surface area contributed by atoms with Gasteiger partial charge in [0, 0.05) is 12.5 Å². The van der Waals surface area contributed by atoms with Gasteiger partial charge in [0.2, 0.25) is 0 Å². The molecule has 0 heterocycles. The zero-order valence-corrected chi connectivity index (χ0v) is 7.40. The second-order valence-electron chi connectivity index (χ2n) is 3.14. The minimum Gasteiger partial charge on any atom is -0.0660 e. The largest absolute Gasteiger partial charge is 0.168 e. The maximum absolute atomic E-state index is 5.66. The molecule has 2 rings (SSSR count). The molecule has 1 aromatic rings. The van der Waals surface area contributed by atoms with Gasteiger partial charge in [-0.15, -0.1) is 0 Å². The number of rotatable bonds is 1. The molecular weight excluding hydrogens is 156 g/mol. The van der Waals surface area contributed by atoms with Crippen LogP contribution in [0.1, 0.15) is 12.0 Å². The molecule has 0 radical (unpaired) electrons. The van der Waals surface area contributed by atoms with E-state index in [1.807, 2.05) is 24.3 Å². The third-order valence-electron chi connectivity index (χ3n) is 2.14. The van der Waals surface area contributed by atoms with E-state index < -0.39 is 0 Å². The van der Waals surface area contributed by atoms with E-state index in [4.69, 9.17) is 6.58 Å². The lowest BCUT2D eigenvalue weighted by molar-refractivity contribution is 1.27. The monoisotopic (exact) mass is 167 g/mol. The molecule has 0 nitrogen and oxygen atoms in total. The summed E-state index contributed by atoms with van der Waals surface area (Å²) in [6.07, 6.45) is 7.06. The van der Waals surface area contributed by atoms with E-state index in [1.165, 1.54) is 11.1 Å². The fraction of sp³-hybridized carbons (Fsp3) is 0.0769. The highest BCUT2D eigenvalue weighted by molar-refractivity contribution is 5.76. The molecule has 0 amide bonds. The van der Waals surface area contributed by atoms with Gasteiger partial charge in [0.15, 0.2) is 5.57 Å². The molecule has 1 aliphatic carbocycles. The van der Waals surface area contributed by atoms with Crippen molar-refractivity contribution < 1.29 is 0 Å². The molecule has 0 N–H and O–H groups in total. The average molecular weight is 167 g/mol. The fourth-order valence-electron chi connectivity index (χ4n) is 1.41. The molecule has 0 fully saturated rings. The Hall–Kier alpha value is -1.65. The molecule has 62 valence electrons. The van der Waals surface area contributed by atoms with Crippen molar-refractivity contribution in [3.63, 3.8) is 0 Å². The SMILES string of the molecule is [CH+]=C1C=CC(c2ccccc2)=CC1. The van der Waals surface area contributed by atoms with Crippen LogP contribution in [0.4, 0.5) is 0 Å². The first kappa shape index (κ1) is 7.97. The van der Waals surface area contributed by atoms with Crippen LogP contribution in [0.3, 0.4) is 0 Å². The lowest BCUT2D eigenvalue weighted by Gasteiger charge is -2.03. The van der Waals surface area contributed by atoms with E-state index >= 15 is 0 Å². The number of hydrogen-bond acceptors (Lipinski definition) is 0. The number of benzene rings is 1. The van der Waals surface area contributed by atoms with Crippen molar-refractivity contribution in [3.05, 3.63) is 66.3 Å². The molecule has 0 saturated carbocycles. The molecule has 0 heteroatoms. The molecule has 1 aliphatic rings. The first-order chi connectivity index (χ1) is 6.36. The molecular formula is C13H11+. The highest BCUT2D eigenvalue weighted by atomic mass is 14.1. The Morgan fingerprint density at radius 3 is 2.38 bits per heavy atom. The van der Waals surface area contributed by atoms with Gasteiger partial charge in [-0.1, -0.05) is 36.4 Å². The molecule has 0 spiro atoms. The first-order valence-corrected chi connectivity index (χ1v) is 4.41. The van der Waals surface area contributed by atoms with Gasteiger partial charge in [0.25, 0.3) is 0 Å². The lowest BCUT2D eigenvalue weighted by Crippen LogP contribution is -1.86. The normalized spacial score (nSPS) is 15.6. The first-order valence-electron chi connectivity index (χ1n) is 4.41. The summed E-state index contributed by atoms with van der Waals surface area (Å²) in [4.78, 5) is 0. The molecule has 0 unspecified atom stereocenters. The molecule has 13 heavy (non-hydrogen) atoms. The second-order valence-corrected chi connectivity index (χ2v) is 3.14. The number of allylic oxidation sites excluding steroid dienone is 5. The Kier molecular flexibility index (Phi) is 2.08. The topological polar surface area (TPSA) is 0 Å². The molecule has 1 aromatic carbocycles. The molecule has 0 aromatic heterocycles. The van der Waals surface area contributed by atoms with Gasteiger partial charge in [-0.3, -0.25) is 0 Å². The van der Waals surface area contributed by atoms with Crippen LogP contribution in [0.5, 0.6) is 0 Å². The van der Waals surface area contributed by atoms with Crippen molar-refractivity contribution in [1.82, 2.24) is 0 Å². The molecule has 0 bridgehead atoms. The lowest BCUT2D eigenvalue weighted by atomic mass is 9.98. The third-order valence-corrected chi connectivity index (χ3v) is 2.14. The Morgan fingerprint density at radius 1 is 1.00 bits per heavy atom. The van der Waals surface area contributed by atoms with Crippen molar-refractivity contribution in [2.75, 3.05) is 0 Å². The van der Waals surface area contributed by atoms with Gasteiger partial charge in [-0.2, -0.15) is 0 Å². The maximum Gasteiger partial charge on any atom is 0.168 e. The van der Waals surface area contributed by atoms with Gasteiger partial charge in [-0.25, -0.2) is 0 Å². The molecule has 0 saturated heterocycles. The van der Waals surface area contributed by atoms with Crippen LogP contribution in [0.25, 0.3) is 5.57 Å². The van der Waals surface area contributed by atoms with E-state index in [0.717, 1.165) is 12.0 Å². The molecule has 0 atom stereocenters. The predicted molar refractivity (Wildman–Crippen MR) is 56.0 cm³/mol. The Bertz CT molecular complexity index is 366. The highest BCUT2D eigenvalue weighted by Gasteiger charge is 2.07. The summed E-state index contributed by atoms with van der Waals surface area (Å²) >= 11 is 0. The highest BCUT2D eigenvalue weighted by Crippen LogP contribution is 2.22. The van der Waals surface area contributed by atoms with Gasteiger partial charge in [-0.05, 0) is 11.1 Å². The van der Waals surface area contributed by atoms with Crippen molar-refractivity contribution in [3.8, 4) is 0 Å². The molecule has 0 aliphatic heterocycles. The van der Waals surface area contributed by atoms with E-state index in [0.29, 0.717) is 0 Å². The van der Waals surface area contributed by atoms with E-state index in [9.17, 15) is 0 Å². The summed E-state index contributed by atoms with van der Waals surface area (Å²) in [6, 6.07) is 10.3. The summed E-state index contributed by atoms with van der Waals surface area (Å²) in [7, 11) is 0. The zero-order chi connectivity index (χ0) is 9.10. The van der Waals surface area contributed by atoms with Gasteiger partial charge in [0.05, 0.1) is 12.7 Å². The summed E-state index contributed by atoms with van der Waals surface area (Å²) in [5.41, 5.74) is 3.45. The van der Waals surface area contributed by atoms with E-state index in [1.54, 1.807) is 0 Å². The minimum absolute atomic E-state index is 0.862. The number of hydrogen-bond donors (Lipinski definition) is 0. The van der Waals surface area contributed by atoms with Crippen LogP contribution in [-0.2, 0) is 0 Å². The Morgan fingerprint density at radius 2 is 1.77 bits per heavy atom. The van der Waals surface area contributed by atoms with Crippen LogP contribution in [-0.4, -0.2) is 0 Å². The third kappa shape index (κ3) is 1.74. The van der Waals surface area contributed by atoms with E-state index in [-0.39, 0.29) is 0 Å². The van der Waals surface area contributed by atoms with Crippen LogP contribution in [0.15, 0.2) is 54.1 Å². The van der Waals surface area contributed by atoms with Crippen LogP contribution < -0.4 is 0 Å². The summed E-state index contributed by atoms with van der Waals surface area (Å²) in [5.74, 6) is 0. The van der Waals surface area contributed by atoms with Crippen LogP contribution in [0, 0.1) is 6.58 Å². The fourth-order valence-corrected chi connectivity index (χ4v) is 1.41. The average Bonchev–Trinajstić information content (AvgIpc) is 2.20. The Balaban J connectivity index is 2.30. The summed E-state index contributed by atoms with van der Waals surface area (Å²) < 4.78 is 0. The van der Waals surface area contributed by atoms with Crippen molar-refractivity contribution in [2.24, 2.45) is 0 Å². The quantitative estimate of drug-likeness (QED) is 0.562. The minimum atomic E-state index is 0.862. The summed E-state index contributed by atoms with van der Waals surface area (Å²) in [6.45, 7) is 5.66. The van der Waals surface area contributed by atoms with Crippen molar-refractivity contribution in [2.45, 2.75) is 6.42 Å². The predicted octanol–water partition coefficient (Wildman–Crippen LogP) is 3.39.